The maximum absolute atomic E-state index is 14.5. The van der Waals surface area contributed by atoms with Crippen LogP contribution in [0, 0.1) is 11.8 Å². The zero-order valence-electron chi connectivity index (χ0n) is 18.8. The van der Waals surface area contributed by atoms with Crippen molar-refractivity contribution in [2.45, 2.75) is 85.0 Å². The molecule has 0 saturated heterocycles. The highest BCUT2D eigenvalue weighted by atomic mass is 19.1. The van der Waals surface area contributed by atoms with Gasteiger partial charge in [-0.1, -0.05) is 32.8 Å². The van der Waals surface area contributed by atoms with Gasteiger partial charge in [0, 0.05) is 24.9 Å². The van der Waals surface area contributed by atoms with E-state index < -0.39 is 5.83 Å². The monoisotopic (exact) mass is 403 g/mol. The third kappa shape index (κ3) is 5.71. The topological polar surface area (TPSA) is 74.8 Å². The molecule has 2 rings (SSSR count). The Labute approximate surface area is 175 Å². The van der Waals surface area contributed by atoms with Crippen LogP contribution < -0.4 is 16.4 Å². The van der Waals surface area contributed by atoms with Crippen molar-refractivity contribution < 1.29 is 4.39 Å². The lowest BCUT2D eigenvalue weighted by Gasteiger charge is -2.14. The highest BCUT2D eigenvalue weighted by Crippen LogP contribution is 2.57. The summed E-state index contributed by atoms with van der Waals surface area (Å²) in [5.74, 6) is 0.500. The number of aliphatic imine (C=N–C) groups is 2. The van der Waals surface area contributed by atoms with Crippen molar-refractivity contribution in [2.24, 2.45) is 27.6 Å². The van der Waals surface area contributed by atoms with Gasteiger partial charge in [-0.05, 0) is 63.3 Å². The van der Waals surface area contributed by atoms with Gasteiger partial charge in [-0.3, -0.25) is 9.98 Å². The minimum Gasteiger partial charge on any atom is -0.382 e. The first kappa shape index (κ1) is 23.2. The van der Waals surface area contributed by atoms with E-state index in [-0.39, 0.29) is 23.6 Å². The molecule has 0 radical (unpaired) electrons. The molecule has 0 aromatic rings. The molecule has 4 N–H and O–H groups in total. The van der Waals surface area contributed by atoms with Gasteiger partial charge in [-0.2, -0.15) is 0 Å². The molecule has 1 aliphatic carbocycles. The van der Waals surface area contributed by atoms with Gasteiger partial charge in [0.05, 0.1) is 5.54 Å². The fraction of sp³-hybridized carbons (Fsp3) is 0.652. The number of nitrogens with one attached hydrogen (secondary N) is 2. The summed E-state index contributed by atoms with van der Waals surface area (Å²) in [7, 11) is 0. The fourth-order valence-corrected chi connectivity index (χ4v) is 4.27. The third-order valence-electron chi connectivity index (χ3n) is 6.34. The first-order valence-corrected chi connectivity index (χ1v) is 10.8. The number of allylic oxidation sites excluding steroid dienone is 2. The summed E-state index contributed by atoms with van der Waals surface area (Å²) >= 11 is 0. The summed E-state index contributed by atoms with van der Waals surface area (Å²) in [6, 6.07) is -0.0168. The van der Waals surface area contributed by atoms with Crippen LogP contribution in [0.2, 0.25) is 0 Å². The molecule has 1 saturated carbocycles. The lowest BCUT2D eigenvalue weighted by molar-refractivity contribution is 0.591. The molecule has 0 aromatic heterocycles. The molecule has 2 aliphatic rings. The first-order chi connectivity index (χ1) is 13.8. The van der Waals surface area contributed by atoms with Gasteiger partial charge < -0.3 is 16.4 Å². The molecule has 0 aromatic carbocycles. The van der Waals surface area contributed by atoms with E-state index in [0.29, 0.717) is 11.8 Å². The maximum atomic E-state index is 14.5. The SMILES string of the molecule is C/C=C(/C)C=NC1CC(C(C)NC=C(F)C(N)=N[C@]2(C)C(CC)[C@H]2CCC)=CN1. The zero-order valence-corrected chi connectivity index (χ0v) is 18.8. The number of halogens is 1. The van der Waals surface area contributed by atoms with Gasteiger partial charge in [-0.15, -0.1) is 0 Å². The molecule has 0 bridgehead atoms. The summed E-state index contributed by atoms with van der Waals surface area (Å²) in [4.78, 5) is 9.09. The molecule has 0 spiro atoms. The van der Waals surface area contributed by atoms with Crippen LogP contribution in [0.5, 0.6) is 0 Å². The highest BCUT2D eigenvalue weighted by molar-refractivity contribution is 5.95. The average Bonchev–Trinajstić information content (AvgIpc) is 3.04. The molecule has 6 heteroatoms. The van der Waals surface area contributed by atoms with Crippen molar-refractivity contribution in [1.82, 2.24) is 10.6 Å². The second kappa shape index (κ2) is 10.1. The standard InChI is InChI=1S/C23H38FN5/c1-7-10-19-18(9-3)23(19,6)29-22(25)20(24)14-26-16(5)17-11-21(28-13-17)27-12-15(4)8-2/h8,12-14,16,18-19,21,26,28H,7,9-11H2,1-6H3,(H2,25,29)/b15-8-,20-14?,27-12?/t16?,18?,19-,21?,23-/m1/s1. The number of hydrogen-bond acceptors (Lipinski definition) is 4. The first-order valence-electron chi connectivity index (χ1n) is 10.8. The van der Waals surface area contributed by atoms with Gasteiger partial charge in [0.1, 0.15) is 6.17 Å². The predicted molar refractivity (Wildman–Crippen MR) is 122 cm³/mol. The quantitative estimate of drug-likeness (QED) is 0.369. The molecule has 0 amide bonds. The zero-order chi connectivity index (χ0) is 21.6. The summed E-state index contributed by atoms with van der Waals surface area (Å²) in [6.07, 6.45) is 11.3. The Balaban J connectivity index is 1.91. The lowest BCUT2D eigenvalue weighted by Crippen LogP contribution is -2.26. The van der Waals surface area contributed by atoms with Crippen LogP contribution in [0.1, 0.15) is 67.2 Å². The molecule has 29 heavy (non-hydrogen) atoms. The Kier molecular flexibility index (Phi) is 8.05. The van der Waals surface area contributed by atoms with Gasteiger partial charge in [-0.25, -0.2) is 4.39 Å². The lowest BCUT2D eigenvalue weighted by atomic mass is 10.1. The molecule has 162 valence electrons. The molecular weight excluding hydrogens is 365 g/mol. The van der Waals surface area contributed by atoms with Gasteiger partial charge in [0.25, 0.3) is 0 Å². The van der Waals surface area contributed by atoms with Crippen molar-refractivity contribution in [3.05, 3.63) is 35.4 Å². The van der Waals surface area contributed by atoms with Gasteiger partial charge >= 0.3 is 0 Å². The van der Waals surface area contributed by atoms with E-state index in [4.69, 9.17) is 5.73 Å². The molecule has 5 nitrogen and oxygen atoms in total. The van der Waals surface area contributed by atoms with E-state index in [0.717, 1.165) is 36.8 Å². The van der Waals surface area contributed by atoms with E-state index in [9.17, 15) is 4.39 Å². The van der Waals surface area contributed by atoms with Crippen LogP contribution in [0.3, 0.4) is 0 Å². The third-order valence-corrected chi connectivity index (χ3v) is 6.34. The normalized spacial score (nSPS) is 31.6. The molecule has 3 unspecified atom stereocenters. The molecular formula is C23H38FN5. The smallest absolute Gasteiger partial charge is 0.180 e. The molecule has 1 fully saturated rings. The highest BCUT2D eigenvalue weighted by Gasteiger charge is 2.59. The number of hydrogen-bond donors (Lipinski definition) is 3. The largest absolute Gasteiger partial charge is 0.382 e. The van der Waals surface area contributed by atoms with Crippen LogP contribution in [0.15, 0.2) is 45.4 Å². The van der Waals surface area contributed by atoms with Crippen molar-refractivity contribution in [1.29, 1.82) is 0 Å². The number of nitrogens with two attached hydrogens (primary N) is 1. The Morgan fingerprint density at radius 2 is 2.17 bits per heavy atom. The predicted octanol–water partition coefficient (Wildman–Crippen LogP) is 4.59. The van der Waals surface area contributed by atoms with E-state index in [1.54, 1.807) is 0 Å². The van der Waals surface area contributed by atoms with Crippen molar-refractivity contribution in [2.75, 3.05) is 0 Å². The Morgan fingerprint density at radius 3 is 2.79 bits per heavy atom. The Bertz CT molecular complexity index is 721. The van der Waals surface area contributed by atoms with E-state index in [1.807, 2.05) is 39.3 Å². The summed E-state index contributed by atoms with van der Waals surface area (Å²) in [5.41, 5.74) is 8.03. The minimum absolute atomic E-state index is 0.00733. The fourth-order valence-electron chi connectivity index (χ4n) is 4.27. The average molecular weight is 404 g/mol. The maximum Gasteiger partial charge on any atom is 0.180 e. The molecule has 5 atom stereocenters. The van der Waals surface area contributed by atoms with Crippen molar-refractivity contribution in [3.63, 3.8) is 0 Å². The number of rotatable bonds is 10. The van der Waals surface area contributed by atoms with E-state index in [1.165, 1.54) is 6.20 Å². The summed E-state index contributed by atoms with van der Waals surface area (Å²) in [5, 5.41) is 6.35. The van der Waals surface area contributed by atoms with Crippen molar-refractivity contribution >= 4 is 12.1 Å². The van der Waals surface area contributed by atoms with Gasteiger partial charge in [0.2, 0.25) is 0 Å². The molecule has 1 heterocycles. The van der Waals surface area contributed by atoms with E-state index in [2.05, 4.69) is 41.4 Å². The van der Waals surface area contributed by atoms with Gasteiger partial charge in [0.15, 0.2) is 11.7 Å². The second-order valence-corrected chi connectivity index (χ2v) is 8.43. The Hall–Kier alpha value is -2.11. The summed E-state index contributed by atoms with van der Waals surface area (Å²) in [6.45, 7) is 12.5. The van der Waals surface area contributed by atoms with E-state index >= 15 is 0 Å². The van der Waals surface area contributed by atoms with Crippen molar-refractivity contribution in [3.8, 4) is 0 Å². The van der Waals surface area contributed by atoms with Crippen LogP contribution in [-0.2, 0) is 0 Å². The van der Waals surface area contributed by atoms with Crippen LogP contribution >= 0.6 is 0 Å². The summed E-state index contributed by atoms with van der Waals surface area (Å²) < 4.78 is 14.5. The minimum atomic E-state index is -0.500. The Morgan fingerprint density at radius 1 is 1.45 bits per heavy atom. The molecule has 1 aliphatic heterocycles. The van der Waals surface area contributed by atoms with Crippen LogP contribution in [-0.4, -0.2) is 29.8 Å². The van der Waals surface area contributed by atoms with Crippen LogP contribution in [0.25, 0.3) is 0 Å². The number of nitrogens with zero attached hydrogens (tertiary/aromatic N) is 2. The number of amidine groups is 1. The second-order valence-electron chi connectivity index (χ2n) is 8.43. The van der Waals surface area contributed by atoms with Crippen LogP contribution in [0.4, 0.5) is 4.39 Å².